The first-order chi connectivity index (χ1) is 24.5. The molecule has 0 aromatic heterocycles. The monoisotopic (exact) mass is 697 g/mol. The molecule has 50 heavy (non-hydrogen) atoms. The van der Waals surface area contributed by atoms with Gasteiger partial charge in [-0.25, -0.2) is 4.79 Å². The predicted molar refractivity (Wildman–Crippen MR) is 216 cm³/mol. The number of methoxy groups -OCH3 is 1. The molecule has 2 atom stereocenters. The maximum Gasteiger partial charge on any atom is 0.328 e. The molecule has 0 spiro atoms. The molecule has 0 aromatic carbocycles. The molecule has 1 amide bonds. The van der Waals surface area contributed by atoms with Crippen LogP contribution in [-0.2, 0) is 14.3 Å². The largest absolute Gasteiger partial charge is 0.467 e. The maximum atomic E-state index is 13.4. The Bertz CT molecular complexity index is 875. The summed E-state index contributed by atoms with van der Waals surface area (Å²) in [4.78, 5) is 27.5. The van der Waals surface area contributed by atoms with Crippen molar-refractivity contribution in [2.24, 2.45) is 11.7 Å². The summed E-state index contributed by atoms with van der Waals surface area (Å²) in [5.74, 6) is 0.130. The number of esters is 1. The Hall–Kier alpha value is -2.14. The number of amides is 1. The molecule has 1 heterocycles. The number of rotatable bonds is 33. The van der Waals surface area contributed by atoms with Gasteiger partial charge >= 0.3 is 5.97 Å². The highest BCUT2D eigenvalue weighted by Crippen LogP contribution is 2.26. The van der Waals surface area contributed by atoms with E-state index in [0.29, 0.717) is 25.3 Å². The average Bonchev–Trinajstić information content (AvgIpc) is 3.52. The molecule has 5 heteroatoms. The predicted octanol–water partition coefficient (Wildman–Crippen LogP) is 12.5. The average molecular weight is 697 g/mol. The van der Waals surface area contributed by atoms with Gasteiger partial charge in [0.2, 0.25) is 5.91 Å². The van der Waals surface area contributed by atoms with Crippen molar-refractivity contribution in [3.05, 3.63) is 48.6 Å². The highest BCUT2D eigenvalue weighted by molar-refractivity contribution is 5.85. The Labute approximate surface area is 310 Å². The van der Waals surface area contributed by atoms with Crippen LogP contribution in [0.3, 0.4) is 0 Å². The summed E-state index contributed by atoms with van der Waals surface area (Å²) >= 11 is 0. The van der Waals surface area contributed by atoms with E-state index < -0.39 is 6.04 Å². The van der Waals surface area contributed by atoms with Gasteiger partial charge in [0.05, 0.1) is 7.11 Å². The normalized spacial score (nSPS) is 17.3. The summed E-state index contributed by atoms with van der Waals surface area (Å²) in [5, 5.41) is 0. The second-order valence-corrected chi connectivity index (χ2v) is 14.9. The number of hydrogen-bond acceptors (Lipinski definition) is 4. The summed E-state index contributed by atoms with van der Waals surface area (Å²) < 4.78 is 4.99. The van der Waals surface area contributed by atoms with Crippen molar-refractivity contribution in [1.29, 1.82) is 0 Å². The summed E-state index contributed by atoms with van der Waals surface area (Å²) in [5.41, 5.74) is 6.17. The second kappa shape index (κ2) is 34.0. The van der Waals surface area contributed by atoms with Crippen LogP contribution in [0.25, 0.3) is 0 Å². The minimum absolute atomic E-state index is 0.0819. The first-order valence-corrected chi connectivity index (χ1v) is 21.3. The van der Waals surface area contributed by atoms with Crippen molar-refractivity contribution in [3.63, 3.8) is 0 Å². The van der Waals surface area contributed by atoms with E-state index in [4.69, 9.17) is 10.5 Å². The van der Waals surface area contributed by atoms with Crippen molar-refractivity contribution in [3.8, 4) is 0 Å². The van der Waals surface area contributed by atoms with Crippen LogP contribution in [0.15, 0.2) is 48.6 Å². The van der Waals surface area contributed by atoms with Gasteiger partial charge in [-0.3, -0.25) is 4.79 Å². The van der Waals surface area contributed by atoms with E-state index in [2.05, 4.69) is 62.5 Å². The topological polar surface area (TPSA) is 72.6 Å². The van der Waals surface area contributed by atoms with Gasteiger partial charge in [0.25, 0.3) is 0 Å². The number of allylic oxidation sites excluding steroid dienone is 8. The van der Waals surface area contributed by atoms with Gasteiger partial charge in [-0.05, 0) is 89.4 Å². The number of hydrogen-bond donors (Lipinski definition) is 1. The van der Waals surface area contributed by atoms with Crippen molar-refractivity contribution >= 4 is 11.9 Å². The highest BCUT2D eigenvalue weighted by atomic mass is 16.5. The lowest BCUT2D eigenvalue weighted by molar-refractivity contribution is -0.151. The molecular formula is C45H80N2O3. The zero-order valence-electron chi connectivity index (χ0n) is 33.1. The summed E-state index contributed by atoms with van der Waals surface area (Å²) in [6, 6.07) is -0.673. The molecule has 0 saturated carbocycles. The van der Waals surface area contributed by atoms with Crippen molar-refractivity contribution in [1.82, 2.24) is 4.90 Å². The molecule has 5 nitrogen and oxygen atoms in total. The summed E-state index contributed by atoms with van der Waals surface area (Å²) in [7, 11) is 1.40. The van der Waals surface area contributed by atoms with Crippen LogP contribution in [-0.4, -0.2) is 42.5 Å². The molecule has 1 rings (SSSR count). The number of nitrogens with zero attached hydrogens (tertiary/aromatic N) is 1. The fourth-order valence-corrected chi connectivity index (χ4v) is 7.06. The molecule has 0 unspecified atom stereocenters. The lowest BCUT2D eigenvalue weighted by Crippen LogP contribution is -2.42. The lowest BCUT2D eigenvalue weighted by Gasteiger charge is -2.25. The molecule has 2 N–H and O–H groups in total. The Kier molecular flexibility index (Phi) is 31.2. The van der Waals surface area contributed by atoms with Crippen LogP contribution in [0, 0.1) is 5.92 Å². The molecule has 0 radical (unpaired) electrons. The van der Waals surface area contributed by atoms with Crippen LogP contribution in [0.4, 0.5) is 0 Å². The zero-order valence-corrected chi connectivity index (χ0v) is 33.1. The SMILES string of the molecule is CCCCCC=CCC=CCCCCCCCCC(CCCCCCCCC=CCC=CCCCCC)CC(=O)N1C[C@@H](N)C[C@H]1C(=O)OC. The van der Waals surface area contributed by atoms with Gasteiger partial charge in [-0.2, -0.15) is 0 Å². The maximum absolute atomic E-state index is 13.4. The first kappa shape index (κ1) is 45.9. The number of carbonyl (C=O) groups excluding carboxylic acids is 2. The standard InChI is InChI=1S/C45H80N2O3/c1-4-6-8-10-12-14-16-18-20-22-24-26-28-30-32-34-36-41(38-44(48)47-40-42(46)39-43(47)45(49)50-3)37-35-33-31-29-27-25-23-21-19-17-15-13-11-9-7-5-2/h12-15,18-21,41-43H,4-11,16-17,22-40,46H2,1-3H3/t41?,42-,43-/m0/s1. The van der Waals surface area contributed by atoms with Gasteiger partial charge < -0.3 is 15.4 Å². The van der Waals surface area contributed by atoms with E-state index in [1.165, 1.54) is 148 Å². The third kappa shape index (κ3) is 25.8. The minimum Gasteiger partial charge on any atom is -0.467 e. The first-order valence-electron chi connectivity index (χ1n) is 21.3. The molecule has 1 aliphatic rings. The molecule has 0 aliphatic carbocycles. The fraction of sp³-hybridized carbons (Fsp3) is 0.778. The van der Waals surface area contributed by atoms with Crippen molar-refractivity contribution < 1.29 is 14.3 Å². The quantitative estimate of drug-likeness (QED) is 0.0421. The third-order valence-electron chi connectivity index (χ3n) is 10.2. The number of nitrogens with two attached hydrogens (primary N) is 1. The lowest BCUT2D eigenvalue weighted by atomic mass is 9.90. The van der Waals surface area contributed by atoms with Gasteiger partial charge in [0, 0.05) is 19.0 Å². The van der Waals surface area contributed by atoms with Gasteiger partial charge in [-0.15, -0.1) is 0 Å². The fourth-order valence-electron chi connectivity index (χ4n) is 7.06. The number of carbonyl (C=O) groups is 2. The highest BCUT2D eigenvalue weighted by Gasteiger charge is 2.39. The van der Waals surface area contributed by atoms with E-state index in [1.807, 2.05) is 0 Å². The van der Waals surface area contributed by atoms with E-state index in [-0.39, 0.29) is 17.9 Å². The molecular weight excluding hydrogens is 617 g/mol. The smallest absolute Gasteiger partial charge is 0.328 e. The van der Waals surface area contributed by atoms with E-state index in [1.54, 1.807) is 4.90 Å². The van der Waals surface area contributed by atoms with Gasteiger partial charge in [0.15, 0.2) is 0 Å². The van der Waals surface area contributed by atoms with Crippen LogP contribution in [0.5, 0.6) is 0 Å². The van der Waals surface area contributed by atoms with Crippen LogP contribution in [0.1, 0.15) is 194 Å². The molecule has 0 bridgehead atoms. The molecule has 1 aliphatic heterocycles. The van der Waals surface area contributed by atoms with Crippen molar-refractivity contribution in [2.75, 3.05) is 13.7 Å². The van der Waals surface area contributed by atoms with E-state index in [9.17, 15) is 9.59 Å². The number of likely N-dealkylation sites (tertiary alicyclic amines) is 1. The van der Waals surface area contributed by atoms with Crippen LogP contribution >= 0.6 is 0 Å². The Balaban J connectivity index is 2.31. The third-order valence-corrected chi connectivity index (χ3v) is 10.2. The van der Waals surface area contributed by atoms with Crippen LogP contribution < -0.4 is 5.73 Å². The molecule has 288 valence electrons. The van der Waals surface area contributed by atoms with Gasteiger partial charge in [-0.1, -0.05) is 152 Å². The summed E-state index contributed by atoms with van der Waals surface area (Å²) in [6.07, 6.45) is 51.9. The van der Waals surface area contributed by atoms with E-state index in [0.717, 1.165) is 25.7 Å². The Morgan fingerprint density at radius 1 is 0.620 bits per heavy atom. The second-order valence-electron chi connectivity index (χ2n) is 14.9. The van der Waals surface area contributed by atoms with Crippen molar-refractivity contribution in [2.45, 2.75) is 206 Å². The Morgan fingerprint density at radius 3 is 1.44 bits per heavy atom. The molecule has 0 aromatic rings. The van der Waals surface area contributed by atoms with E-state index >= 15 is 0 Å². The van der Waals surface area contributed by atoms with Gasteiger partial charge in [0.1, 0.15) is 6.04 Å². The molecule has 1 fully saturated rings. The number of unbranched alkanes of at least 4 members (excludes halogenated alkanes) is 18. The zero-order chi connectivity index (χ0) is 36.3. The minimum atomic E-state index is -0.521. The molecule has 1 saturated heterocycles. The van der Waals surface area contributed by atoms with Crippen LogP contribution in [0.2, 0.25) is 0 Å². The Morgan fingerprint density at radius 2 is 1.02 bits per heavy atom. The number of ether oxygens (including phenoxy) is 1. The summed E-state index contributed by atoms with van der Waals surface area (Å²) in [6.45, 7) is 4.97.